The summed E-state index contributed by atoms with van der Waals surface area (Å²) in [5.41, 5.74) is 1.61. The van der Waals surface area contributed by atoms with Crippen LogP contribution in [0.1, 0.15) is 25.0 Å². The predicted molar refractivity (Wildman–Crippen MR) is 101 cm³/mol. The van der Waals surface area contributed by atoms with Gasteiger partial charge in [0.15, 0.2) is 17.2 Å². The maximum atomic E-state index is 12.1. The Hall–Kier alpha value is -2.79. The van der Waals surface area contributed by atoms with E-state index in [1.165, 1.54) is 0 Å². The van der Waals surface area contributed by atoms with Gasteiger partial charge in [0.2, 0.25) is 5.90 Å². The summed E-state index contributed by atoms with van der Waals surface area (Å²) in [6.45, 7) is 4.68. The summed E-state index contributed by atoms with van der Waals surface area (Å²) in [6, 6.07) is 12.7. The van der Waals surface area contributed by atoms with Crippen molar-refractivity contribution in [2.24, 2.45) is 4.99 Å². The van der Waals surface area contributed by atoms with Gasteiger partial charge >= 0.3 is 5.97 Å². The molecule has 0 spiro atoms. The quantitative estimate of drug-likeness (QED) is 0.555. The Morgan fingerprint density at radius 2 is 1.85 bits per heavy atom. The number of nitrogens with zero attached hydrogens (tertiary/aromatic N) is 1. The maximum Gasteiger partial charge on any atom is 0.363 e. The molecule has 0 atom stereocenters. The molecule has 0 amide bonds. The van der Waals surface area contributed by atoms with Crippen LogP contribution in [0.2, 0.25) is 5.02 Å². The van der Waals surface area contributed by atoms with Crippen molar-refractivity contribution in [2.75, 3.05) is 13.2 Å². The molecule has 0 aromatic heterocycles. The molecule has 2 aromatic carbocycles. The van der Waals surface area contributed by atoms with Gasteiger partial charge in [-0.25, -0.2) is 9.79 Å². The van der Waals surface area contributed by atoms with Gasteiger partial charge in [-0.05, 0) is 49.8 Å². The summed E-state index contributed by atoms with van der Waals surface area (Å²) in [4.78, 5) is 16.4. The summed E-state index contributed by atoms with van der Waals surface area (Å²) in [5, 5.41) is 0.406. The Morgan fingerprint density at radius 1 is 1.12 bits per heavy atom. The number of ether oxygens (including phenoxy) is 3. The van der Waals surface area contributed by atoms with Crippen LogP contribution in [0.15, 0.2) is 53.2 Å². The van der Waals surface area contributed by atoms with Crippen molar-refractivity contribution >= 4 is 29.5 Å². The molecule has 0 N–H and O–H groups in total. The van der Waals surface area contributed by atoms with E-state index in [0.717, 1.165) is 5.56 Å². The molecule has 134 valence electrons. The van der Waals surface area contributed by atoms with E-state index in [1.54, 1.807) is 18.2 Å². The smallest absolute Gasteiger partial charge is 0.363 e. The number of cyclic esters (lactones) is 1. The molecule has 6 heteroatoms. The van der Waals surface area contributed by atoms with Crippen molar-refractivity contribution in [1.29, 1.82) is 0 Å². The van der Waals surface area contributed by atoms with E-state index in [0.29, 0.717) is 35.3 Å². The summed E-state index contributed by atoms with van der Waals surface area (Å²) in [6.07, 6.45) is 1.61. The van der Waals surface area contributed by atoms with Gasteiger partial charge in [0.05, 0.1) is 18.2 Å². The average molecular weight is 372 g/mol. The molecule has 5 nitrogen and oxygen atoms in total. The minimum absolute atomic E-state index is 0.200. The lowest BCUT2D eigenvalue weighted by atomic mass is 10.1. The lowest BCUT2D eigenvalue weighted by Gasteiger charge is -2.13. The highest BCUT2D eigenvalue weighted by atomic mass is 35.5. The molecule has 0 saturated heterocycles. The van der Waals surface area contributed by atoms with Gasteiger partial charge in [0.1, 0.15) is 0 Å². The van der Waals surface area contributed by atoms with E-state index < -0.39 is 5.97 Å². The Balaban J connectivity index is 1.96. The molecule has 1 aliphatic rings. The van der Waals surface area contributed by atoms with Crippen molar-refractivity contribution in [3.63, 3.8) is 0 Å². The minimum atomic E-state index is -0.508. The van der Waals surface area contributed by atoms with Gasteiger partial charge < -0.3 is 14.2 Å². The van der Waals surface area contributed by atoms with Crippen LogP contribution in [0.4, 0.5) is 0 Å². The average Bonchev–Trinajstić information content (AvgIpc) is 3.00. The monoisotopic (exact) mass is 371 g/mol. The fourth-order valence-corrected chi connectivity index (χ4v) is 2.76. The second-order valence-electron chi connectivity index (χ2n) is 5.40. The molecule has 26 heavy (non-hydrogen) atoms. The molecule has 0 fully saturated rings. The van der Waals surface area contributed by atoms with Gasteiger partial charge in [-0.15, -0.1) is 0 Å². The van der Waals surface area contributed by atoms with Crippen molar-refractivity contribution < 1.29 is 19.0 Å². The third-order valence-electron chi connectivity index (χ3n) is 3.57. The third-order valence-corrected chi connectivity index (χ3v) is 3.85. The molecular weight excluding hydrogens is 354 g/mol. The molecule has 0 bridgehead atoms. The molecule has 3 rings (SSSR count). The van der Waals surface area contributed by atoms with Crippen molar-refractivity contribution in [3.05, 3.63) is 64.3 Å². The van der Waals surface area contributed by atoms with Crippen LogP contribution in [-0.4, -0.2) is 25.1 Å². The van der Waals surface area contributed by atoms with Crippen molar-refractivity contribution in [3.8, 4) is 11.5 Å². The number of rotatable bonds is 6. The number of hydrogen-bond donors (Lipinski definition) is 0. The summed E-state index contributed by atoms with van der Waals surface area (Å²) >= 11 is 6.31. The van der Waals surface area contributed by atoms with E-state index in [2.05, 4.69) is 4.99 Å². The Kier molecular flexibility index (Phi) is 5.58. The molecule has 1 heterocycles. The number of benzene rings is 2. The van der Waals surface area contributed by atoms with Crippen molar-refractivity contribution in [2.45, 2.75) is 13.8 Å². The molecular formula is C20H18ClNO4. The fourth-order valence-electron chi connectivity index (χ4n) is 2.49. The SMILES string of the molecule is CCOc1cc(/C=C2\N=C(c3ccccc3)OC2=O)cc(Cl)c1OCC. The van der Waals surface area contributed by atoms with Gasteiger partial charge in [-0.2, -0.15) is 0 Å². The first-order valence-electron chi connectivity index (χ1n) is 8.29. The Morgan fingerprint density at radius 3 is 2.54 bits per heavy atom. The molecule has 2 aromatic rings. The third kappa shape index (κ3) is 3.89. The predicted octanol–water partition coefficient (Wildman–Crippen LogP) is 4.48. The first-order valence-corrected chi connectivity index (χ1v) is 8.67. The first kappa shape index (κ1) is 18.0. The van der Waals surface area contributed by atoms with E-state index >= 15 is 0 Å². The second kappa shape index (κ2) is 8.06. The number of esters is 1. The van der Waals surface area contributed by atoms with Crippen LogP contribution in [-0.2, 0) is 9.53 Å². The standard InChI is InChI=1S/C20H18ClNO4/c1-3-24-17-12-13(10-15(21)18(17)25-4-2)11-16-20(23)26-19(22-16)14-8-6-5-7-9-14/h5-12H,3-4H2,1-2H3/b16-11-. The van der Waals surface area contributed by atoms with Crippen LogP contribution in [0.25, 0.3) is 6.08 Å². The van der Waals surface area contributed by atoms with Crippen LogP contribution in [0, 0.1) is 0 Å². The molecule has 0 saturated carbocycles. The highest BCUT2D eigenvalue weighted by Gasteiger charge is 2.24. The zero-order valence-electron chi connectivity index (χ0n) is 14.5. The van der Waals surface area contributed by atoms with Gasteiger partial charge in [-0.3, -0.25) is 0 Å². The Bertz CT molecular complexity index is 875. The van der Waals surface area contributed by atoms with E-state index in [9.17, 15) is 4.79 Å². The van der Waals surface area contributed by atoms with Gasteiger partial charge in [0, 0.05) is 5.56 Å². The number of carbonyl (C=O) groups is 1. The molecule has 0 aliphatic carbocycles. The summed E-state index contributed by atoms with van der Waals surface area (Å²) < 4.78 is 16.4. The molecule has 0 radical (unpaired) electrons. The summed E-state index contributed by atoms with van der Waals surface area (Å²) in [5.74, 6) is 0.781. The maximum absolute atomic E-state index is 12.1. The number of hydrogen-bond acceptors (Lipinski definition) is 5. The first-order chi connectivity index (χ1) is 12.6. The van der Waals surface area contributed by atoms with Gasteiger partial charge in [0.25, 0.3) is 0 Å². The molecule has 1 aliphatic heterocycles. The number of aliphatic imine (C=N–C) groups is 1. The van der Waals surface area contributed by atoms with Crippen LogP contribution < -0.4 is 9.47 Å². The summed E-state index contributed by atoms with van der Waals surface area (Å²) in [7, 11) is 0. The zero-order valence-corrected chi connectivity index (χ0v) is 15.2. The van der Waals surface area contributed by atoms with E-state index in [-0.39, 0.29) is 11.6 Å². The van der Waals surface area contributed by atoms with Gasteiger partial charge in [-0.1, -0.05) is 29.8 Å². The van der Waals surface area contributed by atoms with Crippen molar-refractivity contribution in [1.82, 2.24) is 0 Å². The molecule has 0 unspecified atom stereocenters. The number of carbonyl (C=O) groups excluding carboxylic acids is 1. The Labute approximate surface area is 156 Å². The van der Waals surface area contributed by atoms with Crippen LogP contribution in [0.5, 0.6) is 11.5 Å². The van der Waals surface area contributed by atoms with Crippen LogP contribution >= 0.6 is 11.6 Å². The zero-order chi connectivity index (χ0) is 18.5. The fraction of sp³-hybridized carbons (Fsp3) is 0.200. The minimum Gasteiger partial charge on any atom is -0.490 e. The second-order valence-corrected chi connectivity index (χ2v) is 5.81. The lowest BCUT2D eigenvalue weighted by Crippen LogP contribution is -2.05. The number of halogens is 1. The van der Waals surface area contributed by atoms with E-state index in [1.807, 2.05) is 44.2 Å². The largest absolute Gasteiger partial charge is 0.490 e. The topological polar surface area (TPSA) is 57.1 Å². The highest BCUT2D eigenvalue weighted by Crippen LogP contribution is 2.37. The lowest BCUT2D eigenvalue weighted by molar-refractivity contribution is -0.129. The highest BCUT2D eigenvalue weighted by molar-refractivity contribution is 6.32. The van der Waals surface area contributed by atoms with Crippen LogP contribution in [0.3, 0.4) is 0 Å². The normalized spacial score (nSPS) is 15.0. The van der Waals surface area contributed by atoms with E-state index in [4.69, 9.17) is 25.8 Å².